The van der Waals surface area contributed by atoms with E-state index in [0.717, 1.165) is 14.8 Å². The molecule has 2 nitrogen and oxygen atoms in total. The molecule has 0 N–H and O–H groups in total. The van der Waals surface area contributed by atoms with E-state index in [0.29, 0.717) is 0 Å². The number of hydrogen-bond acceptors (Lipinski definition) is 5. The minimum Gasteiger partial charge on any atom is -0.191 e. The normalized spacial score (nSPS) is 9.55. The van der Waals surface area contributed by atoms with Gasteiger partial charge in [0.15, 0.2) is 0 Å². The molecule has 58 valence electrons. The zero-order valence-corrected chi connectivity index (χ0v) is 8.57. The van der Waals surface area contributed by atoms with Crippen molar-refractivity contribution in [2.45, 2.75) is 9.92 Å². The third-order valence-electron chi connectivity index (χ3n) is 1.12. The molecule has 0 aromatic carbocycles. The lowest BCUT2D eigenvalue weighted by molar-refractivity contribution is 1.16. The van der Waals surface area contributed by atoms with Crippen LogP contribution < -0.4 is 0 Å². The molecule has 0 unspecified atom stereocenters. The van der Waals surface area contributed by atoms with Gasteiger partial charge < -0.3 is 0 Å². The van der Waals surface area contributed by atoms with Crippen molar-refractivity contribution in [2.75, 3.05) is 12.5 Å². The Morgan fingerprint density at radius 3 is 2.64 bits per heavy atom. The van der Waals surface area contributed by atoms with Crippen molar-refractivity contribution >= 4 is 35.1 Å². The van der Waals surface area contributed by atoms with Gasteiger partial charge in [0.05, 0.1) is 4.90 Å². The highest BCUT2D eigenvalue weighted by Crippen LogP contribution is 2.32. The first-order valence-electron chi connectivity index (χ1n) is 2.81. The van der Waals surface area contributed by atoms with Crippen molar-refractivity contribution in [1.82, 2.24) is 4.37 Å². The molecule has 0 aliphatic carbocycles. The van der Waals surface area contributed by atoms with Gasteiger partial charge in [0.1, 0.15) is 16.0 Å². The van der Waals surface area contributed by atoms with E-state index in [1.807, 2.05) is 12.5 Å². The van der Waals surface area contributed by atoms with Crippen LogP contribution in [0.2, 0.25) is 0 Å². The summed E-state index contributed by atoms with van der Waals surface area (Å²) in [5.74, 6) is 0. The lowest BCUT2D eigenvalue weighted by Crippen LogP contribution is -1.73. The average molecular weight is 202 g/mol. The van der Waals surface area contributed by atoms with Crippen molar-refractivity contribution in [3.05, 3.63) is 4.88 Å². The molecule has 0 amide bonds. The highest BCUT2D eigenvalue weighted by molar-refractivity contribution is 8.01. The molecular weight excluding hydrogens is 196 g/mol. The van der Waals surface area contributed by atoms with E-state index in [1.54, 1.807) is 23.5 Å². The predicted molar refractivity (Wildman–Crippen MR) is 50.4 cm³/mol. The highest BCUT2D eigenvalue weighted by atomic mass is 32.2. The van der Waals surface area contributed by atoms with Gasteiger partial charge in [-0.2, -0.15) is 9.64 Å². The fourth-order valence-corrected chi connectivity index (χ4v) is 3.27. The van der Waals surface area contributed by atoms with E-state index in [1.165, 1.54) is 11.5 Å². The van der Waals surface area contributed by atoms with Gasteiger partial charge in [-0.15, -0.1) is 23.5 Å². The third-order valence-corrected chi connectivity index (χ3v) is 3.73. The summed E-state index contributed by atoms with van der Waals surface area (Å²) in [6.07, 6.45) is 3.93. The van der Waals surface area contributed by atoms with Crippen LogP contribution in [0.4, 0.5) is 0 Å². The van der Waals surface area contributed by atoms with Crippen LogP contribution in [-0.4, -0.2) is 16.9 Å². The Morgan fingerprint density at radius 2 is 2.18 bits per heavy atom. The molecule has 1 rings (SSSR count). The van der Waals surface area contributed by atoms with E-state index in [2.05, 4.69) is 10.4 Å². The molecule has 0 saturated carbocycles. The minimum absolute atomic E-state index is 0.724. The lowest BCUT2D eigenvalue weighted by Gasteiger charge is -1.92. The maximum atomic E-state index is 8.66. The molecule has 0 aliphatic heterocycles. The summed E-state index contributed by atoms with van der Waals surface area (Å²) in [5, 5.41) is 9.63. The molecule has 1 aromatic rings. The maximum absolute atomic E-state index is 8.66. The monoisotopic (exact) mass is 202 g/mol. The van der Waals surface area contributed by atoms with Crippen molar-refractivity contribution in [2.24, 2.45) is 0 Å². The van der Waals surface area contributed by atoms with E-state index in [9.17, 15) is 0 Å². The van der Waals surface area contributed by atoms with Gasteiger partial charge in [-0.3, -0.25) is 0 Å². The first-order valence-corrected chi connectivity index (χ1v) is 6.03. The second-order valence-corrected chi connectivity index (χ2v) is 4.05. The molecule has 5 heteroatoms. The molecule has 0 spiro atoms. The SMILES string of the molecule is CSc1nsc(C#N)c1SC. The minimum atomic E-state index is 0.724. The number of nitriles is 1. The second-order valence-electron chi connectivity index (χ2n) is 1.67. The Morgan fingerprint density at radius 1 is 1.45 bits per heavy atom. The van der Waals surface area contributed by atoms with Gasteiger partial charge in [-0.05, 0) is 24.0 Å². The molecule has 11 heavy (non-hydrogen) atoms. The van der Waals surface area contributed by atoms with E-state index in [4.69, 9.17) is 5.26 Å². The second kappa shape index (κ2) is 4.00. The first-order chi connectivity index (χ1) is 5.33. The van der Waals surface area contributed by atoms with Gasteiger partial charge in [0, 0.05) is 0 Å². The first kappa shape index (κ1) is 8.91. The number of aromatic nitrogens is 1. The van der Waals surface area contributed by atoms with Crippen LogP contribution in [0.3, 0.4) is 0 Å². The average Bonchev–Trinajstić information content (AvgIpc) is 2.45. The van der Waals surface area contributed by atoms with Crippen molar-refractivity contribution < 1.29 is 0 Å². The van der Waals surface area contributed by atoms with Crippen LogP contribution in [0.1, 0.15) is 4.88 Å². The van der Waals surface area contributed by atoms with Gasteiger partial charge in [0.2, 0.25) is 0 Å². The molecule has 0 atom stereocenters. The molecule has 0 saturated heterocycles. The maximum Gasteiger partial charge on any atom is 0.140 e. The molecule has 1 aromatic heterocycles. The quantitative estimate of drug-likeness (QED) is 0.690. The van der Waals surface area contributed by atoms with Crippen LogP contribution in [0.15, 0.2) is 9.92 Å². The van der Waals surface area contributed by atoms with Gasteiger partial charge >= 0.3 is 0 Å². The largest absolute Gasteiger partial charge is 0.191 e. The zero-order chi connectivity index (χ0) is 8.27. The van der Waals surface area contributed by atoms with Crippen molar-refractivity contribution in [3.8, 4) is 6.07 Å². The molecule has 0 bridgehead atoms. The predicted octanol–water partition coefficient (Wildman–Crippen LogP) is 2.46. The lowest BCUT2D eigenvalue weighted by atomic mass is 10.5. The molecular formula is C6H6N2S3. The highest BCUT2D eigenvalue weighted by Gasteiger charge is 2.10. The molecule has 0 aliphatic rings. The summed E-state index contributed by atoms with van der Waals surface area (Å²) in [7, 11) is 0. The summed E-state index contributed by atoms with van der Waals surface area (Å²) in [5.41, 5.74) is 0. The van der Waals surface area contributed by atoms with Gasteiger partial charge in [-0.1, -0.05) is 0 Å². The zero-order valence-electron chi connectivity index (χ0n) is 6.12. The Balaban J connectivity index is 3.12. The van der Waals surface area contributed by atoms with E-state index >= 15 is 0 Å². The molecule has 0 radical (unpaired) electrons. The summed E-state index contributed by atoms with van der Waals surface area (Å²) in [6, 6.07) is 2.12. The number of thioether (sulfide) groups is 2. The van der Waals surface area contributed by atoms with Crippen LogP contribution in [0, 0.1) is 11.3 Å². The summed E-state index contributed by atoms with van der Waals surface area (Å²) >= 11 is 4.44. The van der Waals surface area contributed by atoms with Gasteiger partial charge in [0.25, 0.3) is 0 Å². The van der Waals surface area contributed by atoms with Crippen molar-refractivity contribution in [3.63, 3.8) is 0 Å². The number of rotatable bonds is 2. The molecule has 0 fully saturated rings. The fourth-order valence-electron chi connectivity index (χ4n) is 0.648. The fraction of sp³-hybridized carbons (Fsp3) is 0.333. The van der Waals surface area contributed by atoms with Crippen LogP contribution in [0.25, 0.3) is 0 Å². The summed E-state index contributed by atoms with van der Waals surface area (Å²) in [6.45, 7) is 0. The Hall–Kier alpha value is -0.180. The summed E-state index contributed by atoms with van der Waals surface area (Å²) < 4.78 is 4.14. The Kier molecular flexibility index (Phi) is 3.24. The standard InChI is InChI=1S/C6H6N2S3/c1-9-5-4(3-7)11-8-6(5)10-2/h1-2H3. The van der Waals surface area contributed by atoms with Crippen molar-refractivity contribution in [1.29, 1.82) is 5.26 Å². The summed E-state index contributed by atoms with van der Waals surface area (Å²) in [4.78, 5) is 1.74. The number of nitrogens with zero attached hydrogens (tertiary/aromatic N) is 2. The van der Waals surface area contributed by atoms with Gasteiger partial charge in [-0.25, -0.2) is 0 Å². The molecule has 1 heterocycles. The van der Waals surface area contributed by atoms with Crippen LogP contribution in [-0.2, 0) is 0 Å². The van der Waals surface area contributed by atoms with Crippen LogP contribution >= 0.6 is 35.1 Å². The Bertz CT molecular complexity index is 287. The van der Waals surface area contributed by atoms with E-state index in [-0.39, 0.29) is 0 Å². The van der Waals surface area contributed by atoms with Crippen LogP contribution in [0.5, 0.6) is 0 Å². The number of hydrogen-bond donors (Lipinski definition) is 0. The topological polar surface area (TPSA) is 36.7 Å². The smallest absolute Gasteiger partial charge is 0.140 e. The third kappa shape index (κ3) is 1.70. The van der Waals surface area contributed by atoms with E-state index < -0.39 is 0 Å². The Labute approximate surface area is 78.2 Å².